The van der Waals surface area contributed by atoms with E-state index in [0.29, 0.717) is 4.99 Å². The van der Waals surface area contributed by atoms with Gasteiger partial charge in [0.2, 0.25) is 0 Å². The minimum atomic E-state index is -0.395. The van der Waals surface area contributed by atoms with Gasteiger partial charge in [0.15, 0.2) is 5.78 Å². The van der Waals surface area contributed by atoms with Gasteiger partial charge in [-0.05, 0) is 13.0 Å². The number of thiocarbonyl (C=S) groups is 1. The number of nitrogens with zero attached hydrogens (tertiary/aromatic N) is 1. The van der Waals surface area contributed by atoms with Gasteiger partial charge in [0.1, 0.15) is 4.99 Å². The van der Waals surface area contributed by atoms with Gasteiger partial charge in [0, 0.05) is 25.0 Å². The molecule has 0 spiro atoms. The first-order chi connectivity index (χ1) is 8.41. The smallest absolute Gasteiger partial charge is 0.195 e. The second-order valence-electron chi connectivity index (χ2n) is 5.64. The van der Waals surface area contributed by atoms with Crippen molar-refractivity contribution in [2.75, 3.05) is 39.4 Å². The van der Waals surface area contributed by atoms with Crippen LogP contribution in [-0.4, -0.2) is 55.1 Å². The highest BCUT2D eigenvalue weighted by Crippen LogP contribution is 2.14. The molecule has 1 N–H and O–H groups in total. The molecule has 0 aromatic rings. The largest absolute Gasteiger partial charge is 0.379 e. The zero-order valence-corrected chi connectivity index (χ0v) is 13.7. The summed E-state index contributed by atoms with van der Waals surface area (Å²) < 4.78 is 5.29. The first-order valence-electron chi connectivity index (χ1n) is 6.54. The fourth-order valence-corrected chi connectivity index (χ4v) is 2.16. The molecule has 0 unspecified atom stereocenters. The zero-order chi connectivity index (χ0) is 13.6. The van der Waals surface area contributed by atoms with Gasteiger partial charge in [-0.3, -0.25) is 9.69 Å². The number of hydrogen-bond acceptors (Lipinski definition) is 4. The Hall–Kier alpha value is -0.230. The van der Waals surface area contributed by atoms with Crippen LogP contribution in [0.4, 0.5) is 0 Å². The molecule has 6 heteroatoms. The molecular formula is C13H25ClN2O2S. The Labute approximate surface area is 127 Å². The van der Waals surface area contributed by atoms with Crippen LogP contribution in [0.5, 0.6) is 0 Å². The van der Waals surface area contributed by atoms with Crippen molar-refractivity contribution in [2.24, 2.45) is 5.41 Å². The van der Waals surface area contributed by atoms with Crippen LogP contribution in [0.1, 0.15) is 27.2 Å². The Morgan fingerprint density at radius 1 is 1.32 bits per heavy atom. The number of carbonyl (C=O) groups is 1. The molecule has 1 heterocycles. The lowest BCUT2D eigenvalue weighted by Gasteiger charge is -2.26. The van der Waals surface area contributed by atoms with Gasteiger partial charge in [0.25, 0.3) is 0 Å². The first-order valence-corrected chi connectivity index (χ1v) is 6.95. The summed E-state index contributed by atoms with van der Waals surface area (Å²) in [5, 5.41) is 3.05. The molecule has 0 amide bonds. The number of nitrogens with one attached hydrogen (secondary N) is 1. The molecule has 0 atom stereocenters. The van der Waals surface area contributed by atoms with Crippen LogP contribution >= 0.6 is 24.6 Å². The average molecular weight is 309 g/mol. The zero-order valence-electron chi connectivity index (χ0n) is 12.0. The molecule has 1 saturated heterocycles. The number of morpholine rings is 1. The van der Waals surface area contributed by atoms with E-state index in [2.05, 4.69) is 10.2 Å². The second kappa shape index (κ2) is 8.84. The Morgan fingerprint density at radius 3 is 2.42 bits per heavy atom. The standard InChI is InChI=1S/C13H24N2O2S.ClH/c1-13(2,3)11(16)12(18)14-5-4-6-15-7-9-17-10-8-15;/h4-10H2,1-3H3,(H,14,18);1H. The number of Topliss-reactive ketones (excluding diaryl/α,β-unsaturated/α-hetero) is 1. The maximum absolute atomic E-state index is 11.8. The lowest BCUT2D eigenvalue weighted by Crippen LogP contribution is -2.40. The summed E-state index contributed by atoms with van der Waals surface area (Å²) >= 11 is 5.10. The quantitative estimate of drug-likeness (QED) is 0.618. The molecule has 112 valence electrons. The molecule has 1 aliphatic heterocycles. The lowest BCUT2D eigenvalue weighted by molar-refractivity contribution is -0.119. The van der Waals surface area contributed by atoms with Crippen LogP contribution < -0.4 is 5.32 Å². The van der Waals surface area contributed by atoms with E-state index < -0.39 is 5.41 Å². The highest BCUT2D eigenvalue weighted by Gasteiger charge is 2.24. The van der Waals surface area contributed by atoms with Gasteiger partial charge >= 0.3 is 0 Å². The van der Waals surface area contributed by atoms with Gasteiger partial charge in [-0.15, -0.1) is 12.4 Å². The fraction of sp³-hybridized carbons (Fsp3) is 0.846. The van der Waals surface area contributed by atoms with Crippen LogP contribution in [-0.2, 0) is 9.53 Å². The maximum Gasteiger partial charge on any atom is 0.195 e. The summed E-state index contributed by atoms with van der Waals surface area (Å²) in [5.41, 5.74) is -0.395. The summed E-state index contributed by atoms with van der Waals surface area (Å²) in [5.74, 6) is 0.0175. The summed E-state index contributed by atoms with van der Waals surface area (Å²) in [6.45, 7) is 11.1. The predicted octanol–water partition coefficient (Wildman–Crippen LogP) is 1.66. The van der Waals surface area contributed by atoms with E-state index in [1.807, 2.05) is 20.8 Å². The molecule has 4 nitrogen and oxygen atoms in total. The maximum atomic E-state index is 11.8. The highest BCUT2D eigenvalue weighted by molar-refractivity contribution is 7.82. The minimum Gasteiger partial charge on any atom is -0.379 e. The normalized spacial score (nSPS) is 16.6. The molecule has 0 aromatic heterocycles. The third-order valence-electron chi connectivity index (χ3n) is 2.93. The monoisotopic (exact) mass is 308 g/mol. The first kappa shape index (κ1) is 18.8. The fourth-order valence-electron chi connectivity index (χ4n) is 1.75. The van der Waals surface area contributed by atoms with Crippen LogP contribution in [0.3, 0.4) is 0 Å². The van der Waals surface area contributed by atoms with Crippen molar-refractivity contribution in [3.05, 3.63) is 0 Å². The van der Waals surface area contributed by atoms with Gasteiger partial charge in [-0.1, -0.05) is 33.0 Å². The van der Waals surface area contributed by atoms with Crippen molar-refractivity contribution in [3.63, 3.8) is 0 Å². The SMILES string of the molecule is CC(C)(C)C(=O)C(=S)NCCCN1CCOCC1.Cl. The lowest BCUT2D eigenvalue weighted by atomic mass is 9.91. The topological polar surface area (TPSA) is 41.6 Å². The van der Waals surface area contributed by atoms with E-state index in [1.54, 1.807) is 0 Å². The van der Waals surface area contributed by atoms with E-state index in [9.17, 15) is 4.79 Å². The van der Waals surface area contributed by atoms with Crippen molar-refractivity contribution in [2.45, 2.75) is 27.2 Å². The third-order valence-corrected chi connectivity index (χ3v) is 3.26. The molecule has 0 radical (unpaired) electrons. The Balaban J connectivity index is 0.00000324. The van der Waals surface area contributed by atoms with Gasteiger partial charge < -0.3 is 10.1 Å². The van der Waals surface area contributed by atoms with E-state index in [0.717, 1.165) is 45.8 Å². The molecule has 0 aromatic carbocycles. The Bertz CT molecular complexity index is 300. The van der Waals surface area contributed by atoms with E-state index >= 15 is 0 Å². The third kappa shape index (κ3) is 7.20. The van der Waals surface area contributed by atoms with Gasteiger partial charge in [0.05, 0.1) is 13.2 Å². The Morgan fingerprint density at radius 2 is 1.89 bits per heavy atom. The number of carbonyl (C=O) groups excluding carboxylic acids is 1. The van der Waals surface area contributed by atoms with E-state index in [-0.39, 0.29) is 18.2 Å². The van der Waals surface area contributed by atoms with Crippen LogP contribution in [0.25, 0.3) is 0 Å². The van der Waals surface area contributed by atoms with Crippen molar-refractivity contribution < 1.29 is 9.53 Å². The van der Waals surface area contributed by atoms with Crippen molar-refractivity contribution in [1.29, 1.82) is 0 Å². The second-order valence-corrected chi connectivity index (χ2v) is 6.05. The number of rotatable bonds is 5. The molecule has 1 fully saturated rings. The van der Waals surface area contributed by atoms with Gasteiger partial charge in [-0.25, -0.2) is 0 Å². The molecule has 1 rings (SSSR count). The number of ether oxygens (including phenoxy) is 1. The summed E-state index contributed by atoms with van der Waals surface area (Å²) in [6.07, 6.45) is 0.998. The van der Waals surface area contributed by atoms with E-state index in [1.165, 1.54) is 0 Å². The highest BCUT2D eigenvalue weighted by atomic mass is 35.5. The number of halogens is 1. The molecular weight excluding hydrogens is 284 g/mol. The summed E-state index contributed by atoms with van der Waals surface area (Å²) in [6, 6.07) is 0. The molecule has 1 aliphatic rings. The van der Waals surface area contributed by atoms with Crippen LogP contribution in [0.2, 0.25) is 0 Å². The van der Waals surface area contributed by atoms with E-state index in [4.69, 9.17) is 17.0 Å². The average Bonchev–Trinajstić information content (AvgIpc) is 2.33. The molecule has 19 heavy (non-hydrogen) atoms. The number of hydrogen-bond donors (Lipinski definition) is 1. The molecule has 0 saturated carbocycles. The summed E-state index contributed by atoms with van der Waals surface area (Å²) in [4.78, 5) is 14.6. The summed E-state index contributed by atoms with van der Waals surface area (Å²) in [7, 11) is 0. The van der Waals surface area contributed by atoms with Crippen molar-refractivity contribution in [1.82, 2.24) is 10.2 Å². The molecule has 0 bridgehead atoms. The van der Waals surface area contributed by atoms with Crippen molar-refractivity contribution >= 4 is 35.4 Å². The van der Waals surface area contributed by atoms with Crippen LogP contribution in [0.15, 0.2) is 0 Å². The van der Waals surface area contributed by atoms with Crippen molar-refractivity contribution in [3.8, 4) is 0 Å². The van der Waals surface area contributed by atoms with Crippen LogP contribution in [0, 0.1) is 5.41 Å². The minimum absolute atomic E-state index is 0. The predicted molar refractivity (Wildman–Crippen MR) is 84.2 cm³/mol. The van der Waals surface area contributed by atoms with Gasteiger partial charge in [-0.2, -0.15) is 0 Å². The molecule has 0 aliphatic carbocycles. The Kier molecular flexibility index (Phi) is 8.74. The number of ketones is 1.